The summed E-state index contributed by atoms with van der Waals surface area (Å²) in [5, 5.41) is 0. The normalized spacial score (nSPS) is 41.4. The summed E-state index contributed by atoms with van der Waals surface area (Å²) in [6, 6.07) is 0. The molecule has 1 nitrogen and oxygen atoms in total. The lowest BCUT2D eigenvalue weighted by Crippen LogP contribution is -2.57. The van der Waals surface area contributed by atoms with Crippen LogP contribution in [0.4, 0.5) is 0 Å². The SMILES string of the molecule is CCCC(C)C1(N)CCCC2CCCCC21. The smallest absolute Gasteiger partial charge is 0.0211 e. The van der Waals surface area contributed by atoms with E-state index in [-0.39, 0.29) is 5.54 Å². The van der Waals surface area contributed by atoms with Gasteiger partial charge in [0.25, 0.3) is 0 Å². The van der Waals surface area contributed by atoms with Crippen molar-refractivity contribution < 1.29 is 0 Å². The molecule has 0 aromatic rings. The molecule has 2 aliphatic carbocycles. The highest BCUT2D eigenvalue weighted by Gasteiger charge is 2.46. The zero-order chi connectivity index (χ0) is 11.6. The average Bonchev–Trinajstić information content (AvgIpc) is 2.30. The van der Waals surface area contributed by atoms with E-state index in [2.05, 4.69) is 13.8 Å². The number of nitrogens with two attached hydrogens (primary N) is 1. The molecular weight excluding hydrogens is 194 g/mol. The van der Waals surface area contributed by atoms with E-state index >= 15 is 0 Å². The first-order valence-corrected chi connectivity index (χ1v) is 7.47. The predicted octanol–water partition coefficient (Wildman–Crippen LogP) is 4.11. The molecule has 0 saturated heterocycles. The lowest BCUT2D eigenvalue weighted by molar-refractivity contribution is 0.0375. The van der Waals surface area contributed by atoms with Gasteiger partial charge in [0, 0.05) is 5.54 Å². The lowest BCUT2D eigenvalue weighted by Gasteiger charge is -2.51. The quantitative estimate of drug-likeness (QED) is 0.765. The van der Waals surface area contributed by atoms with Gasteiger partial charge >= 0.3 is 0 Å². The van der Waals surface area contributed by atoms with E-state index < -0.39 is 0 Å². The van der Waals surface area contributed by atoms with E-state index in [9.17, 15) is 0 Å². The summed E-state index contributed by atoms with van der Waals surface area (Å²) in [7, 11) is 0. The predicted molar refractivity (Wildman–Crippen MR) is 70.3 cm³/mol. The van der Waals surface area contributed by atoms with Crippen LogP contribution in [0.5, 0.6) is 0 Å². The van der Waals surface area contributed by atoms with Crippen LogP contribution in [0, 0.1) is 17.8 Å². The molecule has 0 aromatic carbocycles. The molecule has 4 unspecified atom stereocenters. The second-order valence-corrected chi connectivity index (χ2v) is 6.35. The first-order valence-electron chi connectivity index (χ1n) is 7.47. The molecule has 2 rings (SSSR count). The third-order valence-corrected chi connectivity index (χ3v) is 5.42. The van der Waals surface area contributed by atoms with E-state index in [1.54, 1.807) is 0 Å². The highest BCUT2D eigenvalue weighted by molar-refractivity contribution is 5.01. The van der Waals surface area contributed by atoms with Crippen molar-refractivity contribution >= 4 is 0 Å². The summed E-state index contributed by atoms with van der Waals surface area (Å²) in [6.07, 6.45) is 12.5. The average molecular weight is 223 g/mol. The summed E-state index contributed by atoms with van der Waals surface area (Å²) in [5.74, 6) is 2.53. The number of fused-ring (bicyclic) bond motifs is 1. The monoisotopic (exact) mass is 223 g/mol. The molecule has 2 saturated carbocycles. The third kappa shape index (κ3) is 2.16. The van der Waals surface area contributed by atoms with Gasteiger partial charge in [0.2, 0.25) is 0 Å². The molecule has 2 aliphatic rings. The van der Waals surface area contributed by atoms with Crippen molar-refractivity contribution in [2.75, 3.05) is 0 Å². The fourth-order valence-corrected chi connectivity index (χ4v) is 4.43. The number of hydrogen-bond donors (Lipinski definition) is 1. The Bertz CT molecular complexity index is 223. The van der Waals surface area contributed by atoms with Crippen LogP contribution in [0.3, 0.4) is 0 Å². The maximum Gasteiger partial charge on any atom is 0.0211 e. The standard InChI is InChI=1S/C15H29N/c1-3-7-12(2)15(16)11-6-9-13-8-4-5-10-14(13)15/h12-14H,3-11,16H2,1-2H3. The van der Waals surface area contributed by atoms with Gasteiger partial charge in [-0.3, -0.25) is 0 Å². The number of hydrogen-bond acceptors (Lipinski definition) is 1. The molecule has 4 atom stereocenters. The molecule has 0 radical (unpaired) electrons. The Hall–Kier alpha value is -0.0400. The largest absolute Gasteiger partial charge is 0.325 e. The summed E-state index contributed by atoms with van der Waals surface area (Å²) >= 11 is 0. The highest BCUT2D eigenvalue weighted by atomic mass is 14.8. The zero-order valence-electron chi connectivity index (χ0n) is 11.2. The van der Waals surface area contributed by atoms with Crippen molar-refractivity contribution in [3.8, 4) is 0 Å². The van der Waals surface area contributed by atoms with Crippen molar-refractivity contribution in [1.29, 1.82) is 0 Å². The van der Waals surface area contributed by atoms with Crippen LogP contribution >= 0.6 is 0 Å². The molecule has 0 amide bonds. The van der Waals surface area contributed by atoms with Gasteiger partial charge in [-0.05, 0) is 37.0 Å². The van der Waals surface area contributed by atoms with Gasteiger partial charge in [-0.1, -0.05) is 52.4 Å². The molecule has 1 heteroatoms. The molecule has 2 N–H and O–H groups in total. The maximum absolute atomic E-state index is 6.84. The van der Waals surface area contributed by atoms with Crippen LogP contribution in [0.15, 0.2) is 0 Å². The van der Waals surface area contributed by atoms with Crippen molar-refractivity contribution in [2.24, 2.45) is 23.5 Å². The molecule has 0 aromatic heterocycles. The summed E-state index contributed by atoms with van der Waals surface area (Å²) in [5.41, 5.74) is 7.02. The first kappa shape index (κ1) is 12.4. The minimum atomic E-state index is 0.180. The lowest BCUT2D eigenvalue weighted by atomic mass is 9.57. The van der Waals surface area contributed by atoms with Crippen LogP contribution in [0.1, 0.15) is 71.6 Å². The Labute approximate surface area is 101 Å². The van der Waals surface area contributed by atoms with Gasteiger partial charge in [-0.2, -0.15) is 0 Å². The van der Waals surface area contributed by atoms with Crippen LogP contribution in [0.25, 0.3) is 0 Å². The second kappa shape index (κ2) is 5.08. The first-order chi connectivity index (χ1) is 7.68. The van der Waals surface area contributed by atoms with Crippen LogP contribution in [-0.4, -0.2) is 5.54 Å². The van der Waals surface area contributed by atoms with Crippen LogP contribution in [-0.2, 0) is 0 Å². The summed E-state index contributed by atoms with van der Waals surface area (Å²) in [6.45, 7) is 4.70. The minimum Gasteiger partial charge on any atom is -0.325 e. The Balaban J connectivity index is 2.10. The maximum atomic E-state index is 6.84. The Kier molecular flexibility index (Phi) is 3.94. The van der Waals surface area contributed by atoms with Crippen molar-refractivity contribution in [3.05, 3.63) is 0 Å². The Morgan fingerprint density at radius 1 is 1.19 bits per heavy atom. The summed E-state index contributed by atoms with van der Waals surface area (Å²) < 4.78 is 0. The molecule has 16 heavy (non-hydrogen) atoms. The molecule has 2 fully saturated rings. The molecule has 0 bridgehead atoms. The van der Waals surface area contributed by atoms with Gasteiger partial charge in [0.05, 0.1) is 0 Å². The second-order valence-electron chi connectivity index (χ2n) is 6.35. The van der Waals surface area contributed by atoms with Gasteiger partial charge in [-0.15, -0.1) is 0 Å². The molecule has 0 heterocycles. The van der Waals surface area contributed by atoms with Crippen LogP contribution in [0.2, 0.25) is 0 Å². The van der Waals surface area contributed by atoms with E-state index in [1.165, 1.54) is 57.8 Å². The van der Waals surface area contributed by atoms with Gasteiger partial charge in [0.15, 0.2) is 0 Å². The molecule has 0 aliphatic heterocycles. The van der Waals surface area contributed by atoms with Crippen molar-refractivity contribution in [1.82, 2.24) is 0 Å². The molecule has 0 spiro atoms. The van der Waals surface area contributed by atoms with Crippen LogP contribution < -0.4 is 5.73 Å². The van der Waals surface area contributed by atoms with E-state index in [1.807, 2.05) is 0 Å². The van der Waals surface area contributed by atoms with Crippen molar-refractivity contribution in [3.63, 3.8) is 0 Å². The van der Waals surface area contributed by atoms with E-state index in [0.29, 0.717) is 0 Å². The fourth-order valence-electron chi connectivity index (χ4n) is 4.43. The van der Waals surface area contributed by atoms with E-state index in [0.717, 1.165) is 17.8 Å². The third-order valence-electron chi connectivity index (χ3n) is 5.42. The van der Waals surface area contributed by atoms with E-state index in [4.69, 9.17) is 5.73 Å². The molecule has 94 valence electrons. The Morgan fingerprint density at radius 3 is 2.62 bits per heavy atom. The van der Waals surface area contributed by atoms with Gasteiger partial charge < -0.3 is 5.73 Å². The van der Waals surface area contributed by atoms with Crippen molar-refractivity contribution in [2.45, 2.75) is 77.2 Å². The zero-order valence-corrected chi connectivity index (χ0v) is 11.2. The van der Waals surface area contributed by atoms with Gasteiger partial charge in [0.1, 0.15) is 0 Å². The number of rotatable bonds is 3. The topological polar surface area (TPSA) is 26.0 Å². The molecular formula is C15H29N. The Morgan fingerprint density at radius 2 is 1.88 bits per heavy atom. The minimum absolute atomic E-state index is 0.180. The van der Waals surface area contributed by atoms with Gasteiger partial charge in [-0.25, -0.2) is 0 Å². The highest BCUT2D eigenvalue weighted by Crippen LogP contribution is 2.48. The summed E-state index contributed by atoms with van der Waals surface area (Å²) in [4.78, 5) is 0. The fraction of sp³-hybridized carbons (Fsp3) is 1.00.